The predicted molar refractivity (Wildman–Crippen MR) is 78.4 cm³/mol. The lowest BCUT2D eigenvalue weighted by molar-refractivity contribution is 0.249. The number of nitrogens with one attached hydrogen (secondary N) is 1. The van der Waals surface area contributed by atoms with Crippen LogP contribution in [0.25, 0.3) is 6.08 Å². The molecular weight excluding hydrogens is 222 g/mol. The molecule has 0 spiro atoms. The number of hydrogen-bond acceptors (Lipinski definition) is 2. The van der Waals surface area contributed by atoms with E-state index in [0.29, 0.717) is 12.5 Å². The van der Waals surface area contributed by atoms with E-state index in [2.05, 4.69) is 36.5 Å². The first-order valence-electron chi connectivity index (χ1n) is 6.90. The van der Waals surface area contributed by atoms with Gasteiger partial charge in [0.05, 0.1) is 0 Å². The third-order valence-electron chi connectivity index (χ3n) is 3.04. The summed E-state index contributed by atoms with van der Waals surface area (Å²) in [6.07, 6.45) is 7.57. The first kappa shape index (κ1) is 14.9. The second-order valence-corrected chi connectivity index (χ2v) is 4.64. The van der Waals surface area contributed by atoms with E-state index in [1.165, 1.54) is 18.4 Å². The van der Waals surface area contributed by atoms with Crippen molar-refractivity contribution in [2.75, 3.05) is 19.7 Å². The van der Waals surface area contributed by atoms with Crippen molar-refractivity contribution in [2.24, 2.45) is 5.92 Å². The molecule has 1 unspecified atom stereocenters. The fourth-order valence-corrected chi connectivity index (χ4v) is 2.07. The van der Waals surface area contributed by atoms with E-state index in [1.807, 2.05) is 18.2 Å². The highest BCUT2D eigenvalue weighted by molar-refractivity contribution is 5.48. The van der Waals surface area contributed by atoms with Crippen molar-refractivity contribution in [1.82, 2.24) is 5.32 Å². The van der Waals surface area contributed by atoms with Gasteiger partial charge in [0, 0.05) is 13.2 Å². The molecule has 18 heavy (non-hydrogen) atoms. The summed E-state index contributed by atoms with van der Waals surface area (Å²) >= 11 is 0. The lowest BCUT2D eigenvalue weighted by Gasteiger charge is -2.14. The standard InChI is InChI=1S/C16H25NO/c1-2-7-16(11-13-18)14-17-12-6-10-15-8-4-3-5-9-15/h3-6,8-10,16-18H,2,7,11-14H2,1H3/b10-6+. The minimum absolute atomic E-state index is 0.298. The number of benzene rings is 1. The number of rotatable bonds is 9. The second kappa shape index (κ2) is 9.86. The molecule has 0 heterocycles. The lowest BCUT2D eigenvalue weighted by atomic mass is 10.0. The molecule has 1 rings (SSSR count). The maximum atomic E-state index is 8.97. The van der Waals surface area contributed by atoms with Crippen molar-refractivity contribution in [2.45, 2.75) is 26.2 Å². The van der Waals surface area contributed by atoms with Crippen LogP contribution in [0.2, 0.25) is 0 Å². The smallest absolute Gasteiger partial charge is 0.0434 e. The average Bonchev–Trinajstić information content (AvgIpc) is 2.40. The van der Waals surface area contributed by atoms with Gasteiger partial charge in [-0.05, 0) is 30.9 Å². The van der Waals surface area contributed by atoms with Gasteiger partial charge < -0.3 is 10.4 Å². The molecule has 0 radical (unpaired) electrons. The first-order valence-corrected chi connectivity index (χ1v) is 6.90. The Bertz CT molecular complexity index is 315. The Morgan fingerprint density at radius 3 is 2.67 bits per heavy atom. The molecule has 0 amide bonds. The molecule has 100 valence electrons. The molecule has 0 saturated heterocycles. The molecule has 2 heteroatoms. The highest BCUT2D eigenvalue weighted by atomic mass is 16.3. The van der Waals surface area contributed by atoms with Crippen molar-refractivity contribution in [3.05, 3.63) is 42.0 Å². The quantitative estimate of drug-likeness (QED) is 0.657. The molecule has 1 aromatic carbocycles. The summed E-state index contributed by atoms with van der Waals surface area (Å²) in [4.78, 5) is 0. The monoisotopic (exact) mass is 247 g/mol. The van der Waals surface area contributed by atoms with E-state index >= 15 is 0 Å². The van der Waals surface area contributed by atoms with Gasteiger partial charge in [0.2, 0.25) is 0 Å². The highest BCUT2D eigenvalue weighted by Crippen LogP contribution is 2.09. The van der Waals surface area contributed by atoms with Crippen molar-refractivity contribution in [3.8, 4) is 0 Å². The van der Waals surface area contributed by atoms with Crippen molar-refractivity contribution < 1.29 is 5.11 Å². The van der Waals surface area contributed by atoms with E-state index in [1.54, 1.807) is 0 Å². The van der Waals surface area contributed by atoms with Crippen LogP contribution in [0.4, 0.5) is 0 Å². The zero-order chi connectivity index (χ0) is 13.1. The summed E-state index contributed by atoms with van der Waals surface area (Å²) < 4.78 is 0. The van der Waals surface area contributed by atoms with E-state index < -0.39 is 0 Å². The molecule has 0 saturated carbocycles. The molecule has 1 aromatic rings. The summed E-state index contributed by atoms with van der Waals surface area (Å²) in [6.45, 7) is 4.37. The van der Waals surface area contributed by atoms with Crippen LogP contribution in [0.1, 0.15) is 31.7 Å². The van der Waals surface area contributed by atoms with Gasteiger partial charge in [0.15, 0.2) is 0 Å². The summed E-state index contributed by atoms with van der Waals surface area (Å²) in [5.74, 6) is 0.602. The van der Waals surface area contributed by atoms with Crippen LogP contribution in [0.15, 0.2) is 36.4 Å². The van der Waals surface area contributed by atoms with Gasteiger partial charge in [0.1, 0.15) is 0 Å². The van der Waals surface area contributed by atoms with Crippen molar-refractivity contribution >= 4 is 6.08 Å². The summed E-state index contributed by atoms with van der Waals surface area (Å²) in [6, 6.07) is 10.3. The topological polar surface area (TPSA) is 32.3 Å². The normalized spacial score (nSPS) is 13.0. The largest absolute Gasteiger partial charge is 0.396 e. The molecule has 0 aliphatic heterocycles. The molecule has 0 bridgehead atoms. The minimum atomic E-state index is 0.298. The van der Waals surface area contributed by atoms with E-state index in [-0.39, 0.29) is 0 Å². The zero-order valence-electron chi connectivity index (χ0n) is 11.3. The third-order valence-corrected chi connectivity index (χ3v) is 3.04. The first-order chi connectivity index (χ1) is 8.86. The lowest BCUT2D eigenvalue weighted by Crippen LogP contribution is -2.23. The van der Waals surface area contributed by atoms with Gasteiger partial charge in [-0.1, -0.05) is 55.8 Å². The molecule has 2 nitrogen and oxygen atoms in total. The van der Waals surface area contributed by atoms with Crippen LogP contribution in [-0.2, 0) is 0 Å². The Hall–Kier alpha value is -1.12. The Morgan fingerprint density at radius 2 is 2.00 bits per heavy atom. The average molecular weight is 247 g/mol. The Balaban J connectivity index is 2.19. The van der Waals surface area contributed by atoms with Gasteiger partial charge in [-0.25, -0.2) is 0 Å². The molecular formula is C16H25NO. The number of hydrogen-bond donors (Lipinski definition) is 2. The van der Waals surface area contributed by atoms with Crippen LogP contribution in [0.3, 0.4) is 0 Å². The van der Waals surface area contributed by atoms with Gasteiger partial charge in [0.25, 0.3) is 0 Å². The van der Waals surface area contributed by atoms with Gasteiger partial charge in [-0.2, -0.15) is 0 Å². The van der Waals surface area contributed by atoms with Crippen LogP contribution >= 0.6 is 0 Å². The van der Waals surface area contributed by atoms with Crippen molar-refractivity contribution in [1.29, 1.82) is 0 Å². The maximum Gasteiger partial charge on any atom is 0.0434 e. The predicted octanol–water partition coefficient (Wildman–Crippen LogP) is 3.09. The molecule has 0 fully saturated rings. The third kappa shape index (κ3) is 6.58. The molecule has 0 aliphatic carbocycles. The summed E-state index contributed by atoms with van der Waals surface area (Å²) in [5.41, 5.74) is 1.24. The molecule has 2 N–H and O–H groups in total. The second-order valence-electron chi connectivity index (χ2n) is 4.64. The molecule has 0 aliphatic rings. The fraction of sp³-hybridized carbons (Fsp3) is 0.500. The summed E-state index contributed by atoms with van der Waals surface area (Å²) in [5, 5.41) is 12.4. The summed E-state index contributed by atoms with van der Waals surface area (Å²) in [7, 11) is 0. The number of aliphatic hydroxyl groups is 1. The van der Waals surface area contributed by atoms with Gasteiger partial charge in [-0.3, -0.25) is 0 Å². The minimum Gasteiger partial charge on any atom is -0.396 e. The van der Waals surface area contributed by atoms with E-state index in [9.17, 15) is 0 Å². The molecule has 1 atom stereocenters. The Morgan fingerprint density at radius 1 is 1.22 bits per heavy atom. The number of aliphatic hydroxyl groups excluding tert-OH is 1. The van der Waals surface area contributed by atoms with Crippen molar-refractivity contribution in [3.63, 3.8) is 0 Å². The van der Waals surface area contributed by atoms with E-state index in [4.69, 9.17) is 5.11 Å². The van der Waals surface area contributed by atoms with Gasteiger partial charge in [-0.15, -0.1) is 0 Å². The highest BCUT2D eigenvalue weighted by Gasteiger charge is 2.05. The van der Waals surface area contributed by atoms with E-state index in [0.717, 1.165) is 19.5 Å². The Labute approximate surface area is 111 Å². The Kier molecular flexibility index (Phi) is 8.19. The fourth-order valence-electron chi connectivity index (χ4n) is 2.07. The van der Waals surface area contributed by atoms with Crippen LogP contribution < -0.4 is 5.32 Å². The molecule has 0 aromatic heterocycles. The SMILES string of the molecule is CCCC(CCO)CNC/C=C/c1ccccc1. The van der Waals surface area contributed by atoms with Crippen LogP contribution in [0, 0.1) is 5.92 Å². The maximum absolute atomic E-state index is 8.97. The van der Waals surface area contributed by atoms with Gasteiger partial charge >= 0.3 is 0 Å². The van der Waals surface area contributed by atoms with Crippen LogP contribution in [-0.4, -0.2) is 24.8 Å². The van der Waals surface area contributed by atoms with Crippen LogP contribution in [0.5, 0.6) is 0 Å². The zero-order valence-corrected chi connectivity index (χ0v) is 11.3.